The molecule has 0 aliphatic rings. The van der Waals surface area contributed by atoms with Crippen molar-refractivity contribution < 1.29 is 4.79 Å². The highest BCUT2D eigenvalue weighted by Gasteiger charge is 2.13. The normalized spacial score (nSPS) is 11.3. The Morgan fingerprint density at radius 3 is 2.47 bits per heavy atom. The van der Waals surface area contributed by atoms with Gasteiger partial charge in [-0.3, -0.25) is 4.79 Å². The number of benzene rings is 3. The third-order valence-electron chi connectivity index (χ3n) is 5.22. The van der Waals surface area contributed by atoms with Crippen molar-refractivity contribution in [3.05, 3.63) is 105 Å². The third kappa shape index (κ3) is 4.07. The van der Waals surface area contributed by atoms with Gasteiger partial charge in [-0.05, 0) is 53.5 Å². The van der Waals surface area contributed by atoms with Crippen LogP contribution in [-0.2, 0) is 6.54 Å². The van der Waals surface area contributed by atoms with Gasteiger partial charge in [-0.2, -0.15) is 5.10 Å². The van der Waals surface area contributed by atoms with E-state index in [0.717, 1.165) is 33.2 Å². The second kappa shape index (κ2) is 8.67. The predicted octanol–water partition coefficient (Wildman–Crippen LogP) is 5.83. The van der Waals surface area contributed by atoms with E-state index >= 15 is 0 Å². The lowest BCUT2D eigenvalue weighted by Gasteiger charge is -2.09. The first-order valence-electron chi connectivity index (χ1n) is 9.76. The molecule has 0 bridgehead atoms. The first kappa shape index (κ1) is 20.1. The van der Waals surface area contributed by atoms with E-state index in [1.165, 1.54) is 11.1 Å². The molecule has 0 aliphatic heterocycles. The summed E-state index contributed by atoms with van der Waals surface area (Å²) in [6, 6.07) is 24.2. The number of para-hydroxylation sites is 1. The maximum absolute atomic E-state index is 12.4. The summed E-state index contributed by atoms with van der Waals surface area (Å²) in [5, 5.41) is 5.36. The van der Waals surface area contributed by atoms with Gasteiger partial charge in [-0.15, -0.1) is 0 Å². The zero-order valence-electron chi connectivity index (χ0n) is 16.9. The van der Waals surface area contributed by atoms with E-state index in [2.05, 4.69) is 81.3 Å². The summed E-state index contributed by atoms with van der Waals surface area (Å²) < 4.78 is 3.03. The molecule has 0 saturated carbocycles. The number of carbonyl (C=O) groups excluding carboxylic acids is 1. The smallest absolute Gasteiger partial charge is 0.272 e. The van der Waals surface area contributed by atoms with Crippen LogP contribution in [0.4, 0.5) is 0 Å². The van der Waals surface area contributed by atoms with Gasteiger partial charge in [-0.1, -0.05) is 60.2 Å². The van der Waals surface area contributed by atoms with E-state index < -0.39 is 0 Å². The molecule has 4 nitrogen and oxygen atoms in total. The molecule has 1 N–H and O–H groups in total. The molecule has 0 fully saturated rings. The lowest BCUT2D eigenvalue weighted by Crippen LogP contribution is -2.18. The molecule has 4 aromatic rings. The van der Waals surface area contributed by atoms with Gasteiger partial charge >= 0.3 is 0 Å². The number of aryl methyl sites for hydroxylation is 1. The number of amides is 1. The molecule has 1 amide bonds. The molecule has 0 atom stereocenters. The van der Waals surface area contributed by atoms with Gasteiger partial charge in [0, 0.05) is 33.2 Å². The fourth-order valence-electron chi connectivity index (χ4n) is 3.56. The van der Waals surface area contributed by atoms with Crippen LogP contribution < -0.4 is 5.43 Å². The van der Waals surface area contributed by atoms with Crippen molar-refractivity contribution in [1.29, 1.82) is 0 Å². The summed E-state index contributed by atoms with van der Waals surface area (Å²) in [6.07, 6.45) is 1.73. The SMILES string of the molecule is Cc1ccc(Cn2c(C)c(/C=N/NC(=O)c3ccccc3Br)c3ccccc32)cc1. The quantitative estimate of drug-likeness (QED) is 0.296. The Bertz CT molecular complexity index is 1240. The van der Waals surface area contributed by atoms with Crippen molar-refractivity contribution >= 4 is 39.0 Å². The van der Waals surface area contributed by atoms with Crippen molar-refractivity contribution in [3.8, 4) is 0 Å². The summed E-state index contributed by atoms with van der Waals surface area (Å²) in [4.78, 5) is 12.4. The maximum atomic E-state index is 12.4. The van der Waals surface area contributed by atoms with Crippen LogP contribution in [0.15, 0.2) is 82.4 Å². The lowest BCUT2D eigenvalue weighted by atomic mass is 10.1. The molecule has 1 heterocycles. The zero-order chi connectivity index (χ0) is 21.1. The molecule has 150 valence electrons. The Balaban J connectivity index is 1.63. The van der Waals surface area contributed by atoms with Crippen LogP contribution in [-0.4, -0.2) is 16.7 Å². The number of halogens is 1. The van der Waals surface area contributed by atoms with Gasteiger partial charge in [0.2, 0.25) is 0 Å². The second-order valence-electron chi connectivity index (χ2n) is 7.27. The monoisotopic (exact) mass is 459 g/mol. The first-order chi connectivity index (χ1) is 14.5. The summed E-state index contributed by atoms with van der Waals surface area (Å²) >= 11 is 3.40. The zero-order valence-corrected chi connectivity index (χ0v) is 18.5. The minimum Gasteiger partial charge on any atom is -0.340 e. The Kier molecular flexibility index (Phi) is 5.81. The molecule has 0 unspecified atom stereocenters. The van der Waals surface area contributed by atoms with Gasteiger partial charge in [0.15, 0.2) is 0 Å². The highest BCUT2D eigenvalue weighted by Crippen LogP contribution is 2.25. The van der Waals surface area contributed by atoms with Gasteiger partial charge in [-0.25, -0.2) is 5.43 Å². The molecule has 0 aliphatic carbocycles. The Morgan fingerprint density at radius 2 is 1.70 bits per heavy atom. The molecule has 30 heavy (non-hydrogen) atoms. The molecule has 0 radical (unpaired) electrons. The average Bonchev–Trinajstić information content (AvgIpc) is 3.01. The number of nitrogens with zero attached hydrogens (tertiary/aromatic N) is 2. The number of rotatable bonds is 5. The maximum Gasteiger partial charge on any atom is 0.272 e. The molecule has 0 saturated heterocycles. The van der Waals surface area contributed by atoms with Crippen LogP contribution in [0.3, 0.4) is 0 Å². The first-order valence-corrected chi connectivity index (χ1v) is 10.5. The number of hydrogen-bond acceptors (Lipinski definition) is 2. The fourth-order valence-corrected chi connectivity index (χ4v) is 4.03. The molecule has 1 aromatic heterocycles. The third-order valence-corrected chi connectivity index (χ3v) is 5.91. The van der Waals surface area contributed by atoms with E-state index in [-0.39, 0.29) is 5.91 Å². The van der Waals surface area contributed by atoms with E-state index in [9.17, 15) is 4.79 Å². The van der Waals surface area contributed by atoms with Crippen LogP contribution in [0, 0.1) is 13.8 Å². The molecular formula is C25H22BrN3O. The summed E-state index contributed by atoms with van der Waals surface area (Å²) in [6.45, 7) is 4.96. The van der Waals surface area contributed by atoms with Gasteiger partial charge in [0.1, 0.15) is 0 Å². The highest BCUT2D eigenvalue weighted by atomic mass is 79.9. The number of nitrogens with one attached hydrogen (secondary N) is 1. The number of carbonyl (C=O) groups is 1. The fraction of sp³-hybridized carbons (Fsp3) is 0.120. The summed E-state index contributed by atoms with van der Waals surface area (Å²) in [5.41, 5.74) is 8.94. The topological polar surface area (TPSA) is 46.4 Å². The van der Waals surface area contributed by atoms with E-state index in [1.54, 1.807) is 12.3 Å². The highest BCUT2D eigenvalue weighted by molar-refractivity contribution is 9.10. The number of aromatic nitrogens is 1. The van der Waals surface area contributed by atoms with Crippen molar-refractivity contribution in [2.24, 2.45) is 5.10 Å². The van der Waals surface area contributed by atoms with Crippen molar-refractivity contribution in [1.82, 2.24) is 9.99 Å². The summed E-state index contributed by atoms with van der Waals surface area (Å²) in [7, 11) is 0. The minimum atomic E-state index is -0.250. The van der Waals surface area contributed by atoms with Gasteiger partial charge in [0.05, 0.1) is 11.8 Å². The summed E-state index contributed by atoms with van der Waals surface area (Å²) in [5.74, 6) is -0.250. The van der Waals surface area contributed by atoms with E-state index in [4.69, 9.17) is 0 Å². The van der Waals surface area contributed by atoms with Gasteiger partial charge in [0.25, 0.3) is 5.91 Å². The Hall–Kier alpha value is -3.18. The predicted molar refractivity (Wildman–Crippen MR) is 126 cm³/mol. The van der Waals surface area contributed by atoms with Crippen LogP contribution in [0.2, 0.25) is 0 Å². The molecule has 0 spiro atoms. The number of hydrazone groups is 1. The average molecular weight is 460 g/mol. The molecule has 3 aromatic carbocycles. The molecular weight excluding hydrogens is 438 g/mol. The van der Waals surface area contributed by atoms with Crippen molar-refractivity contribution in [2.45, 2.75) is 20.4 Å². The van der Waals surface area contributed by atoms with Crippen LogP contribution in [0.1, 0.15) is 32.7 Å². The van der Waals surface area contributed by atoms with Crippen LogP contribution >= 0.6 is 15.9 Å². The Morgan fingerprint density at radius 1 is 1.00 bits per heavy atom. The van der Waals surface area contributed by atoms with E-state index in [1.807, 2.05) is 30.3 Å². The molecule has 4 rings (SSSR count). The molecule has 5 heteroatoms. The minimum absolute atomic E-state index is 0.250. The standard InChI is InChI=1S/C25H22BrN3O/c1-17-11-13-19(14-12-17)16-29-18(2)22(20-7-4-6-10-24(20)29)15-27-28-25(30)21-8-3-5-9-23(21)26/h3-15H,16H2,1-2H3,(H,28,30)/b27-15+. The lowest BCUT2D eigenvalue weighted by molar-refractivity contribution is 0.0954. The van der Waals surface area contributed by atoms with Crippen molar-refractivity contribution in [2.75, 3.05) is 0 Å². The second-order valence-corrected chi connectivity index (χ2v) is 8.12. The van der Waals surface area contributed by atoms with Gasteiger partial charge < -0.3 is 4.57 Å². The Labute approximate surface area is 184 Å². The van der Waals surface area contributed by atoms with E-state index in [0.29, 0.717) is 5.56 Å². The number of fused-ring (bicyclic) bond motifs is 1. The van der Waals surface area contributed by atoms with Crippen LogP contribution in [0.5, 0.6) is 0 Å². The van der Waals surface area contributed by atoms with Crippen molar-refractivity contribution in [3.63, 3.8) is 0 Å². The van der Waals surface area contributed by atoms with Crippen LogP contribution in [0.25, 0.3) is 10.9 Å². The largest absolute Gasteiger partial charge is 0.340 e. The number of hydrogen-bond donors (Lipinski definition) is 1.